The van der Waals surface area contributed by atoms with Gasteiger partial charge in [-0.1, -0.05) is 17.4 Å². The maximum atomic E-state index is 5.82. The topological polar surface area (TPSA) is 48.1 Å². The Balaban J connectivity index is 2.33. The van der Waals surface area contributed by atoms with Crippen molar-refractivity contribution in [2.24, 2.45) is 0 Å². The zero-order valence-corrected chi connectivity index (χ0v) is 9.47. The van der Waals surface area contributed by atoms with Crippen molar-refractivity contribution in [1.29, 1.82) is 0 Å². The van der Waals surface area contributed by atoms with Crippen LogP contribution < -0.4 is 10.5 Å². The summed E-state index contributed by atoms with van der Waals surface area (Å²) >= 11 is 1.46. The molecule has 1 aromatic carbocycles. The summed E-state index contributed by atoms with van der Waals surface area (Å²) in [4.78, 5) is 4.06. The molecule has 4 heteroatoms. The number of ether oxygens (including phenoxy) is 1. The molecule has 0 bridgehead atoms. The van der Waals surface area contributed by atoms with Gasteiger partial charge in [0.25, 0.3) is 5.19 Å². The highest BCUT2D eigenvalue weighted by molar-refractivity contribution is 7.11. The lowest BCUT2D eigenvalue weighted by molar-refractivity contribution is 0.475. The smallest absolute Gasteiger partial charge is 0.278 e. The number of aromatic nitrogens is 1. The number of anilines is 1. The summed E-state index contributed by atoms with van der Waals surface area (Å²) in [5.41, 5.74) is 8.70. The second-order valence-corrected chi connectivity index (χ2v) is 4.23. The lowest BCUT2D eigenvalue weighted by Gasteiger charge is -2.08. The van der Waals surface area contributed by atoms with Crippen molar-refractivity contribution in [3.05, 3.63) is 34.8 Å². The molecule has 0 aliphatic heterocycles. The van der Waals surface area contributed by atoms with Crippen LogP contribution in [0.1, 0.15) is 11.1 Å². The van der Waals surface area contributed by atoms with Gasteiger partial charge in [0.1, 0.15) is 5.75 Å². The van der Waals surface area contributed by atoms with Gasteiger partial charge in [0, 0.05) is 23.3 Å². The van der Waals surface area contributed by atoms with E-state index < -0.39 is 0 Å². The number of thiazole rings is 1. The van der Waals surface area contributed by atoms with E-state index in [-0.39, 0.29) is 0 Å². The molecule has 0 aliphatic carbocycles. The molecule has 0 amide bonds. The lowest BCUT2D eigenvalue weighted by Crippen LogP contribution is -1.93. The van der Waals surface area contributed by atoms with E-state index in [1.807, 2.05) is 31.4 Å². The number of nitrogens with zero attached hydrogens (tertiary/aromatic N) is 1. The Hall–Kier alpha value is -1.55. The molecule has 2 N–H and O–H groups in total. The minimum atomic E-state index is 0.640. The van der Waals surface area contributed by atoms with Gasteiger partial charge in [-0.2, -0.15) is 0 Å². The Morgan fingerprint density at radius 3 is 2.73 bits per heavy atom. The van der Waals surface area contributed by atoms with Crippen LogP contribution in [0.3, 0.4) is 0 Å². The van der Waals surface area contributed by atoms with Crippen LogP contribution in [0.2, 0.25) is 0 Å². The molecule has 15 heavy (non-hydrogen) atoms. The predicted molar refractivity (Wildman–Crippen MR) is 62.5 cm³/mol. The van der Waals surface area contributed by atoms with E-state index >= 15 is 0 Å². The zero-order chi connectivity index (χ0) is 10.8. The van der Waals surface area contributed by atoms with Crippen molar-refractivity contribution in [3.63, 3.8) is 0 Å². The fraction of sp³-hybridized carbons (Fsp3) is 0.182. The van der Waals surface area contributed by atoms with Gasteiger partial charge in [-0.15, -0.1) is 0 Å². The monoisotopic (exact) mass is 220 g/mol. The number of nitrogen functional groups attached to an aromatic ring is 1. The molecule has 0 radical (unpaired) electrons. The van der Waals surface area contributed by atoms with Crippen LogP contribution in [0.4, 0.5) is 5.69 Å². The van der Waals surface area contributed by atoms with Crippen molar-refractivity contribution < 1.29 is 4.74 Å². The van der Waals surface area contributed by atoms with Crippen LogP contribution in [0.15, 0.2) is 23.7 Å². The van der Waals surface area contributed by atoms with E-state index in [1.54, 1.807) is 6.20 Å². The van der Waals surface area contributed by atoms with Crippen LogP contribution in [0, 0.1) is 13.8 Å². The fourth-order valence-electron chi connectivity index (χ4n) is 1.31. The van der Waals surface area contributed by atoms with Gasteiger partial charge in [0.05, 0.1) is 0 Å². The largest absolute Gasteiger partial charge is 0.431 e. The van der Waals surface area contributed by atoms with Crippen LogP contribution in [-0.4, -0.2) is 4.98 Å². The van der Waals surface area contributed by atoms with E-state index in [4.69, 9.17) is 10.5 Å². The average molecular weight is 220 g/mol. The second-order valence-electron chi connectivity index (χ2n) is 3.37. The molecule has 2 rings (SSSR count). The van der Waals surface area contributed by atoms with Crippen molar-refractivity contribution in [2.45, 2.75) is 13.8 Å². The van der Waals surface area contributed by atoms with Gasteiger partial charge in [0.15, 0.2) is 0 Å². The Kier molecular flexibility index (Phi) is 2.60. The Labute approximate surface area is 92.5 Å². The summed E-state index contributed by atoms with van der Waals surface area (Å²) in [7, 11) is 0. The number of rotatable bonds is 2. The Morgan fingerprint density at radius 2 is 2.07 bits per heavy atom. The van der Waals surface area contributed by atoms with Crippen LogP contribution >= 0.6 is 11.3 Å². The minimum Gasteiger partial charge on any atom is -0.431 e. The SMILES string of the molecule is Cc1cc(C)c(Oc2nccs2)cc1N. The molecule has 0 fully saturated rings. The van der Waals surface area contributed by atoms with E-state index in [1.165, 1.54) is 11.3 Å². The first-order valence-electron chi connectivity index (χ1n) is 4.61. The molecule has 3 nitrogen and oxygen atoms in total. The lowest BCUT2D eigenvalue weighted by atomic mass is 10.1. The van der Waals surface area contributed by atoms with Crippen LogP contribution in [0.5, 0.6) is 10.9 Å². The number of nitrogens with two attached hydrogens (primary N) is 1. The van der Waals surface area contributed by atoms with E-state index in [0.717, 1.165) is 22.6 Å². The molecule has 0 saturated heterocycles. The first-order chi connectivity index (χ1) is 7.16. The molecular weight excluding hydrogens is 208 g/mol. The molecular formula is C11H12N2OS. The van der Waals surface area contributed by atoms with Crippen molar-refractivity contribution in [1.82, 2.24) is 4.98 Å². The highest BCUT2D eigenvalue weighted by Crippen LogP contribution is 2.29. The van der Waals surface area contributed by atoms with Crippen molar-refractivity contribution in [2.75, 3.05) is 5.73 Å². The molecule has 1 heterocycles. The minimum absolute atomic E-state index is 0.640. The molecule has 0 saturated carbocycles. The Morgan fingerprint density at radius 1 is 1.27 bits per heavy atom. The summed E-state index contributed by atoms with van der Waals surface area (Å²) in [5, 5.41) is 2.52. The van der Waals surface area contributed by atoms with E-state index in [2.05, 4.69) is 4.98 Å². The van der Waals surface area contributed by atoms with Gasteiger partial charge in [-0.25, -0.2) is 4.98 Å². The van der Waals surface area contributed by atoms with Crippen LogP contribution in [-0.2, 0) is 0 Å². The molecule has 0 aliphatic rings. The molecule has 78 valence electrons. The van der Waals surface area contributed by atoms with E-state index in [9.17, 15) is 0 Å². The van der Waals surface area contributed by atoms with Crippen LogP contribution in [0.25, 0.3) is 0 Å². The summed E-state index contributed by atoms with van der Waals surface area (Å²) in [6.45, 7) is 3.98. The predicted octanol–water partition coefficient (Wildman–Crippen LogP) is 3.13. The normalized spacial score (nSPS) is 10.3. The first kappa shape index (κ1) is 9.98. The first-order valence-corrected chi connectivity index (χ1v) is 5.49. The van der Waals surface area contributed by atoms with Gasteiger partial charge in [-0.05, 0) is 25.0 Å². The fourth-order valence-corrected chi connectivity index (χ4v) is 1.81. The molecule has 2 aromatic rings. The highest BCUT2D eigenvalue weighted by atomic mass is 32.1. The molecule has 1 aromatic heterocycles. The summed E-state index contributed by atoms with van der Waals surface area (Å²) in [5.74, 6) is 0.771. The standard InChI is InChI=1S/C11H12N2OS/c1-7-5-8(2)10(6-9(7)12)14-11-13-3-4-15-11/h3-6H,12H2,1-2H3. The summed E-state index contributed by atoms with van der Waals surface area (Å²) < 4.78 is 5.61. The van der Waals surface area contributed by atoms with Gasteiger partial charge < -0.3 is 10.5 Å². The average Bonchev–Trinajstić information content (AvgIpc) is 2.67. The van der Waals surface area contributed by atoms with Gasteiger partial charge in [-0.3, -0.25) is 0 Å². The Bertz CT molecular complexity index is 466. The van der Waals surface area contributed by atoms with Crippen molar-refractivity contribution in [3.8, 4) is 10.9 Å². The number of aryl methyl sites for hydroxylation is 2. The second kappa shape index (κ2) is 3.90. The number of hydrogen-bond donors (Lipinski definition) is 1. The third-order valence-corrected chi connectivity index (χ3v) is 2.82. The highest BCUT2D eigenvalue weighted by Gasteiger charge is 2.05. The number of hydrogen-bond acceptors (Lipinski definition) is 4. The third kappa shape index (κ3) is 2.10. The zero-order valence-electron chi connectivity index (χ0n) is 8.65. The molecule has 0 atom stereocenters. The van der Waals surface area contributed by atoms with E-state index in [0.29, 0.717) is 5.19 Å². The molecule has 0 spiro atoms. The summed E-state index contributed by atoms with van der Waals surface area (Å²) in [6, 6.07) is 3.85. The third-order valence-electron chi connectivity index (χ3n) is 2.17. The maximum Gasteiger partial charge on any atom is 0.278 e. The summed E-state index contributed by atoms with van der Waals surface area (Å²) in [6.07, 6.45) is 1.72. The van der Waals surface area contributed by atoms with Crippen molar-refractivity contribution >= 4 is 17.0 Å². The number of benzene rings is 1. The maximum absolute atomic E-state index is 5.82. The quantitative estimate of drug-likeness (QED) is 0.791. The van der Waals surface area contributed by atoms with Gasteiger partial charge in [0.2, 0.25) is 0 Å². The van der Waals surface area contributed by atoms with Gasteiger partial charge >= 0.3 is 0 Å². The molecule has 0 unspecified atom stereocenters.